The van der Waals surface area contributed by atoms with E-state index in [4.69, 9.17) is 5.11 Å². The first kappa shape index (κ1) is 14.0. The topological polar surface area (TPSA) is 84.2 Å². The van der Waals surface area contributed by atoms with Gasteiger partial charge in [0.15, 0.2) is 0 Å². The molecule has 0 fully saturated rings. The summed E-state index contributed by atoms with van der Waals surface area (Å²) in [6.45, 7) is 1.83. The van der Waals surface area contributed by atoms with Gasteiger partial charge in [-0.3, -0.25) is 9.59 Å². The molecule has 0 saturated carbocycles. The number of carbonyl (C=O) groups excluding carboxylic acids is 1. The van der Waals surface area contributed by atoms with Gasteiger partial charge >= 0.3 is 5.97 Å². The average Bonchev–Trinajstić information content (AvgIpc) is 2.74. The molecule has 6 heteroatoms. The molecule has 0 saturated heterocycles. The number of hydrogen-bond acceptors (Lipinski definition) is 3. The smallest absolute Gasteiger partial charge is 0.303 e. The number of carbonyl (C=O) groups is 2. The van der Waals surface area contributed by atoms with Crippen molar-refractivity contribution in [3.63, 3.8) is 0 Å². The molecule has 1 amide bonds. The van der Waals surface area contributed by atoms with Crippen LogP contribution in [0.2, 0.25) is 0 Å². The number of rotatable bonds is 5. The zero-order valence-corrected chi connectivity index (χ0v) is 11.5. The van der Waals surface area contributed by atoms with Crippen LogP contribution in [0, 0.1) is 0 Å². The van der Waals surface area contributed by atoms with Crippen molar-refractivity contribution in [2.45, 2.75) is 25.8 Å². The fourth-order valence-electron chi connectivity index (χ4n) is 2.15. The number of carboxylic acids is 1. The molecule has 0 aliphatic heterocycles. The standard InChI is InChI=1S/C14H17N3O3/c1-9(15-12(18)7-8-13(19)20)14-16-10-5-3-4-6-11(10)17(14)2/h3-6,9H,7-8H2,1-2H3,(H,15,18)(H,19,20). The van der Waals surface area contributed by atoms with Crippen LogP contribution in [-0.4, -0.2) is 26.5 Å². The third kappa shape index (κ3) is 2.96. The lowest BCUT2D eigenvalue weighted by atomic mass is 10.2. The fraction of sp³-hybridized carbons (Fsp3) is 0.357. The van der Waals surface area contributed by atoms with E-state index in [0.717, 1.165) is 16.9 Å². The number of fused-ring (bicyclic) bond motifs is 1. The summed E-state index contributed by atoms with van der Waals surface area (Å²) >= 11 is 0. The van der Waals surface area contributed by atoms with Crippen LogP contribution in [0.5, 0.6) is 0 Å². The summed E-state index contributed by atoms with van der Waals surface area (Å²) in [4.78, 5) is 26.6. The molecular formula is C14H17N3O3. The zero-order chi connectivity index (χ0) is 14.7. The molecule has 2 rings (SSSR count). The first-order valence-electron chi connectivity index (χ1n) is 6.41. The maximum atomic E-state index is 11.6. The Labute approximate surface area is 116 Å². The van der Waals surface area contributed by atoms with Crippen LogP contribution < -0.4 is 5.32 Å². The summed E-state index contributed by atoms with van der Waals surface area (Å²) in [6.07, 6.45) is -0.190. The average molecular weight is 275 g/mol. The molecule has 0 spiro atoms. The van der Waals surface area contributed by atoms with Crippen LogP contribution in [-0.2, 0) is 16.6 Å². The number of carboxylic acid groups (broad SMARTS) is 1. The van der Waals surface area contributed by atoms with Gasteiger partial charge in [-0.1, -0.05) is 12.1 Å². The zero-order valence-electron chi connectivity index (χ0n) is 11.5. The van der Waals surface area contributed by atoms with Crippen LogP contribution in [0.4, 0.5) is 0 Å². The van der Waals surface area contributed by atoms with E-state index >= 15 is 0 Å². The Morgan fingerprint density at radius 1 is 1.35 bits per heavy atom. The predicted molar refractivity (Wildman–Crippen MR) is 74.1 cm³/mol. The molecule has 0 aliphatic carbocycles. The minimum absolute atomic E-state index is 0.0242. The van der Waals surface area contributed by atoms with Crippen LogP contribution in [0.1, 0.15) is 31.6 Å². The van der Waals surface area contributed by atoms with E-state index in [2.05, 4.69) is 10.3 Å². The lowest BCUT2D eigenvalue weighted by Crippen LogP contribution is -2.28. The first-order valence-corrected chi connectivity index (χ1v) is 6.41. The number of nitrogens with one attached hydrogen (secondary N) is 1. The fourth-order valence-corrected chi connectivity index (χ4v) is 2.15. The maximum absolute atomic E-state index is 11.6. The molecule has 1 aromatic carbocycles. The maximum Gasteiger partial charge on any atom is 0.303 e. The SMILES string of the molecule is CC(NC(=O)CCC(=O)O)c1nc2ccccc2n1C. The highest BCUT2D eigenvalue weighted by Crippen LogP contribution is 2.19. The first-order chi connectivity index (χ1) is 9.49. The Morgan fingerprint density at radius 3 is 2.70 bits per heavy atom. The Kier molecular flexibility index (Phi) is 4.02. The Morgan fingerprint density at radius 2 is 2.05 bits per heavy atom. The summed E-state index contributed by atoms with van der Waals surface area (Å²) in [5.41, 5.74) is 1.87. The van der Waals surface area contributed by atoms with Gasteiger partial charge < -0.3 is 15.0 Å². The number of aliphatic carboxylic acids is 1. The van der Waals surface area contributed by atoms with Crippen LogP contribution in [0.25, 0.3) is 11.0 Å². The molecule has 1 aromatic heterocycles. The number of benzene rings is 1. The molecule has 1 atom stereocenters. The largest absolute Gasteiger partial charge is 0.481 e. The van der Waals surface area contributed by atoms with Crippen LogP contribution >= 0.6 is 0 Å². The van der Waals surface area contributed by atoms with Crippen molar-refractivity contribution in [3.05, 3.63) is 30.1 Å². The highest BCUT2D eigenvalue weighted by Gasteiger charge is 2.16. The molecule has 1 heterocycles. The van der Waals surface area contributed by atoms with E-state index in [1.807, 2.05) is 42.8 Å². The van der Waals surface area contributed by atoms with Gasteiger partial charge in [0.2, 0.25) is 5.91 Å². The van der Waals surface area contributed by atoms with Crippen molar-refractivity contribution in [1.29, 1.82) is 0 Å². The van der Waals surface area contributed by atoms with E-state index in [0.29, 0.717) is 0 Å². The van der Waals surface area contributed by atoms with Gasteiger partial charge in [0, 0.05) is 13.5 Å². The van der Waals surface area contributed by atoms with Gasteiger partial charge in [0.1, 0.15) is 5.82 Å². The van der Waals surface area contributed by atoms with Gasteiger partial charge in [0.25, 0.3) is 0 Å². The molecule has 106 valence electrons. The number of imidazole rings is 1. The van der Waals surface area contributed by atoms with Gasteiger partial charge in [-0.05, 0) is 19.1 Å². The lowest BCUT2D eigenvalue weighted by molar-refractivity contribution is -0.138. The van der Waals surface area contributed by atoms with Crippen LogP contribution in [0.15, 0.2) is 24.3 Å². The van der Waals surface area contributed by atoms with Crippen molar-refractivity contribution in [3.8, 4) is 0 Å². The van der Waals surface area contributed by atoms with E-state index < -0.39 is 5.97 Å². The van der Waals surface area contributed by atoms with E-state index in [1.165, 1.54) is 0 Å². The highest BCUT2D eigenvalue weighted by atomic mass is 16.4. The number of aromatic nitrogens is 2. The molecular weight excluding hydrogens is 258 g/mol. The number of aryl methyl sites for hydroxylation is 1. The third-order valence-corrected chi connectivity index (χ3v) is 3.15. The summed E-state index contributed by atoms with van der Waals surface area (Å²) in [5.74, 6) is -0.516. The molecule has 20 heavy (non-hydrogen) atoms. The van der Waals surface area contributed by atoms with Gasteiger partial charge in [-0.15, -0.1) is 0 Å². The number of nitrogens with zero attached hydrogens (tertiary/aromatic N) is 2. The molecule has 1 unspecified atom stereocenters. The summed E-state index contributed by atoms with van der Waals surface area (Å²) in [5, 5.41) is 11.3. The number of hydrogen-bond donors (Lipinski definition) is 2. The molecule has 2 aromatic rings. The number of para-hydroxylation sites is 2. The second-order valence-corrected chi connectivity index (χ2v) is 4.70. The lowest BCUT2D eigenvalue weighted by Gasteiger charge is -2.13. The van der Waals surface area contributed by atoms with E-state index in [1.54, 1.807) is 0 Å². The summed E-state index contributed by atoms with van der Waals surface area (Å²) < 4.78 is 1.93. The molecule has 6 nitrogen and oxygen atoms in total. The third-order valence-electron chi connectivity index (χ3n) is 3.15. The van der Waals surface area contributed by atoms with Gasteiger partial charge in [-0.2, -0.15) is 0 Å². The Hall–Kier alpha value is -2.37. The molecule has 0 aliphatic rings. The minimum atomic E-state index is -0.976. The molecule has 0 radical (unpaired) electrons. The minimum Gasteiger partial charge on any atom is -0.481 e. The number of amides is 1. The predicted octanol–water partition coefficient (Wildman–Crippen LogP) is 1.62. The van der Waals surface area contributed by atoms with Crippen molar-refractivity contribution in [1.82, 2.24) is 14.9 Å². The monoisotopic (exact) mass is 275 g/mol. The van der Waals surface area contributed by atoms with Crippen molar-refractivity contribution < 1.29 is 14.7 Å². The second kappa shape index (κ2) is 5.73. The quantitative estimate of drug-likeness (QED) is 0.868. The Balaban J connectivity index is 2.11. The van der Waals surface area contributed by atoms with Gasteiger partial charge in [-0.25, -0.2) is 4.98 Å². The highest BCUT2D eigenvalue weighted by molar-refractivity contribution is 5.81. The van der Waals surface area contributed by atoms with E-state index in [9.17, 15) is 9.59 Å². The van der Waals surface area contributed by atoms with Crippen LogP contribution in [0.3, 0.4) is 0 Å². The van der Waals surface area contributed by atoms with Gasteiger partial charge in [0.05, 0.1) is 23.5 Å². The summed E-state index contributed by atoms with van der Waals surface area (Å²) in [6, 6.07) is 7.45. The second-order valence-electron chi connectivity index (χ2n) is 4.70. The van der Waals surface area contributed by atoms with Crippen molar-refractivity contribution >= 4 is 22.9 Å². The van der Waals surface area contributed by atoms with Crippen molar-refractivity contribution in [2.75, 3.05) is 0 Å². The van der Waals surface area contributed by atoms with E-state index in [-0.39, 0.29) is 24.8 Å². The van der Waals surface area contributed by atoms with Crippen molar-refractivity contribution in [2.24, 2.45) is 7.05 Å². The Bertz CT molecular complexity index is 648. The summed E-state index contributed by atoms with van der Waals surface area (Å²) in [7, 11) is 1.89. The molecule has 2 N–H and O–H groups in total. The normalized spacial score (nSPS) is 12.3. The molecule has 0 bridgehead atoms.